The molecule has 1 fully saturated rings. The molecule has 5 heterocycles. The Bertz CT molecular complexity index is 1470. The molecule has 0 spiro atoms. The summed E-state index contributed by atoms with van der Waals surface area (Å²) in [6, 6.07) is 5.77. The molecule has 2 amide bonds. The van der Waals surface area contributed by atoms with E-state index in [2.05, 4.69) is 48.0 Å². The van der Waals surface area contributed by atoms with Gasteiger partial charge in [0, 0.05) is 17.8 Å². The van der Waals surface area contributed by atoms with Crippen LogP contribution in [-0.2, 0) is 11.3 Å². The van der Waals surface area contributed by atoms with Crippen LogP contribution in [0.15, 0.2) is 30.6 Å². The van der Waals surface area contributed by atoms with Crippen LogP contribution >= 0.6 is 0 Å². The second-order valence-electron chi connectivity index (χ2n) is 9.33. The van der Waals surface area contributed by atoms with Crippen LogP contribution in [0.4, 0.5) is 11.4 Å². The molecule has 0 saturated carbocycles. The van der Waals surface area contributed by atoms with E-state index in [0.717, 1.165) is 36.3 Å². The third-order valence-electron chi connectivity index (χ3n) is 6.66. The van der Waals surface area contributed by atoms with Crippen molar-refractivity contribution in [3.63, 3.8) is 0 Å². The number of nitrogens with one attached hydrogen (secondary N) is 2. The standard InChI is InChI=1S/C25H30N10O2/c1-5-35-30-17(4)23(31-35)18-8-9-21-24(29-32-34(21)13-18)25(37)28-20-11-19(12-26-16(20)3)27-22(36)14-33-10-6-7-15(33)2/h8-9,11-13,15H,5-7,10,14H2,1-4H3,(H,27,36)(H,28,37)/t15-/m0/s1. The second-order valence-corrected chi connectivity index (χ2v) is 9.33. The Kier molecular flexibility index (Phi) is 6.66. The van der Waals surface area contributed by atoms with Crippen LogP contribution in [0.2, 0.25) is 0 Å². The van der Waals surface area contributed by atoms with Crippen LogP contribution in [0.3, 0.4) is 0 Å². The number of pyridine rings is 2. The van der Waals surface area contributed by atoms with E-state index in [0.29, 0.717) is 41.7 Å². The molecule has 4 aromatic heterocycles. The fraction of sp³-hybridized carbons (Fsp3) is 0.400. The summed E-state index contributed by atoms with van der Waals surface area (Å²) < 4.78 is 1.55. The van der Waals surface area contributed by atoms with Crippen molar-refractivity contribution in [2.75, 3.05) is 23.7 Å². The molecule has 1 atom stereocenters. The lowest BCUT2D eigenvalue weighted by Gasteiger charge is -2.20. The van der Waals surface area contributed by atoms with Crippen molar-refractivity contribution >= 4 is 28.7 Å². The fourth-order valence-electron chi connectivity index (χ4n) is 4.56. The summed E-state index contributed by atoms with van der Waals surface area (Å²) in [5.74, 6) is -0.527. The average molecular weight is 503 g/mol. The summed E-state index contributed by atoms with van der Waals surface area (Å²) in [4.78, 5) is 33.8. The van der Waals surface area contributed by atoms with Gasteiger partial charge in [0.05, 0.1) is 47.6 Å². The lowest BCUT2D eigenvalue weighted by atomic mass is 10.1. The molecule has 0 aromatic carbocycles. The predicted molar refractivity (Wildman–Crippen MR) is 138 cm³/mol. The Hall–Kier alpha value is -4.19. The lowest BCUT2D eigenvalue weighted by molar-refractivity contribution is -0.117. The van der Waals surface area contributed by atoms with Gasteiger partial charge in [0.25, 0.3) is 5.91 Å². The van der Waals surface area contributed by atoms with Gasteiger partial charge in [-0.1, -0.05) is 5.21 Å². The van der Waals surface area contributed by atoms with Crippen LogP contribution in [0.1, 0.15) is 48.6 Å². The molecule has 0 bridgehead atoms. The minimum atomic E-state index is -0.421. The molecule has 192 valence electrons. The van der Waals surface area contributed by atoms with E-state index in [9.17, 15) is 9.59 Å². The van der Waals surface area contributed by atoms with Crippen molar-refractivity contribution in [3.05, 3.63) is 47.7 Å². The zero-order valence-corrected chi connectivity index (χ0v) is 21.4. The van der Waals surface area contributed by atoms with E-state index in [1.807, 2.05) is 19.9 Å². The average Bonchev–Trinajstić information content (AvgIpc) is 3.59. The molecule has 1 aliphatic rings. The zero-order valence-electron chi connectivity index (χ0n) is 21.4. The Morgan fingerprint density at radius 3 is 2.70 bits per heavy atom. The molecular weight excluding hydrogens is 472 g/mol. The molecule has 12 heteroatoms. The molecule has 1 aliphatic heterocycles. The van der Waals surface area contributed by atoms with E-state index in [4.69, 9.17) is 0 Å². The normalized spacial score (nSPS) is 15.8. The van der Waals surface area contributed by atoms with Gasteiger partial charge in [0.1, 0.15) is 5.69 Å². The van der Waals surface area contributed by atoms with Crippen LogP contribution in [-0.4, -0.2) is 70.7 Å². The first-order valence-electron chi connectivity index (χ1n) is 12.4. The number of amides is 2. The maximum absolute atomic E-state index is 13.1. The Morgan fingerprint density at radius 1 is 1.14 bits per heavy atom. The van der Waals surface area contributed by atoms with E-state index in [-0.39, 0.29) is 11.6 Å². The molecule has 0 aliphatic carbocycles. The van der Waals surface area contributed by atoms with Gasteiger partial charge < -0.3 is 10.6 Å². The van der Waals surface area contributed by atoms with Gasteiger partial charge in [-0.3, -0.25) is 19.5 Å². The van der Waals surface area contributed by atoms with Crippen LogP contribution < -0.4 is 10.6 Å². The minimum absolute atomic E-state index is 0.106. The number of hydrogen-bond donors (Lipinski definition) is 2. The molecule has 0 unspecified atom stereocenters. The molecule has 12 nitrogen and oxygen atoms in total. The molecule has 4 aromatic rings. The highest BCUT2D eigenvalue weighted by atomic mass is 16.2. The summed E-state index contributed by atoms with van der Waals surface area (Å²) in [5.41, 5.74) is 4.75. The number of aryl methyl sites for hydroxylation is 3. The minimum Gasteiger partial charge on any atom is -0.324 e. The number of hydrogen-bond acceptors (Lipinski definition) is 8. The van der Waals surface area contributed by atoms with Gasteiger partial charge in [-0.05, 0) is 65.3 Å². The number of anilines is 2. The summed E-state index contributed by atoms with van der Waals surface area (Å²) in [6.07, 6.45) is 5.58. The SMILES string of the molecule is CCn1nc(C)c(-c2ccc3c(C(=O)Nc4cc(NC(=O)CN5CCC[C@@H]5C)cnc4C)nnn3c2)n1. The highest BCUT2D eigenvalue weighted by Gasteiger charge is 2.23. The first-order valence-corrected chi connectivity index (χ1v) is 12.4. The molecule has 0 radical (unpaired) electrons. The van der Waals surface area contributed by atoms with E-state index >= 15 is 0 Å². The number of nitrogens with zero attached hydrogens (tertiary/aromatic N) is 8. The smallest absolute Gasteiger partial charge is 0.278 e. The van der Waals surface area contributed by atoms with E-state index < -0.39 is 5.91 Å². The quantitative estimate of drug-likeness (QED) is 0.394. The molecule has 2 N–H and O–H groups in total. The Morgan fingerprint density at radius 2 is 1.97 bits per heavy atom. The number of fused-ring (bicyclic) bond motifs is 1. The van der Waals surface area contributed by atoms with Crippen LogP contribution in [0.5, 0.6) is 0 Å². The number of likely N-dealkylation sites (tertiary alicyclic amines) is 1. The molecule has 1 saturated heterocycles. The fourth-order valence-corrected chi connectivity index (χ4v) is 4.56. The van der Waals surface area contributed by atoms with Crippen molar-refractivity contribution in [1.82, 2.24) is 39.7 Å². The maximum Gasteiger partial charge on any atom is 0.278 e. The van der Waals surface area contributed by atoms with Gasteiger partial charge in [0.2, 0.25) is 5.91 Å². The lowest BCUT2D eigenvalue weighted by Crippen LogP contribution is -2.35. The maximum atomic E-state index is 13.1. The van der Waals surface area contributed by atoms with Gasteiger partial charge in [0.15, 0.2) is 5.69 Å². The van der Waals surface area contributed by atoms with Crippen LogP contribution in [0.25, 0.3) is 16.8 Å². The van der Waals surface area contributed by atoms with Crippen molar-refractivity contribution in [1.29, 1.82) is 0 Å². The van der Waals surface area contributed by atoms with Crippen molar-refractivity contribution in [2.45, 2.75) is 53.1 Å². The number of rotatable bonds is 7. The Labute approximate surface area is 214 Å². The third kappa shape index (κ3) is 5.05. The summed E-state index contributed by atoms with van der Waals surface area (Å²) in [6.45, 7) is 9.73. The van der Waals surface area contributed by atoms with Gasteiger partial charge >= 0.3 is 0 Å². The third-order valence-corrected chi connectivity index (χ3v) is 6.66. The molecule has 5 rings (SSSR count). The van der Waals surface area contributed by atoms with Gasteiger partial charge in [-0.2, -0.15) is 15.0 Å². The first kappa shape index (κ1) is 24.5. The topological polar surface area (TPSA) is 135 Å². The van der Waals surface area contributed by atoms with Crippen molar-refractivity contribution in [3.8, 4) is 11.3 Å². The highest BCUT2D eigenvalue weighted by Crippen LogP contribution is 2.23. The summed E-state index contributed by atoms with van der Waals surface area (Å²) >= 11 is 0. The number of carbonyl (C=O) groups excluding carboxylic acids is 2. The highest BCUT2D eigenvalue weighted by molar-refractivity contribution is 6.08. The number of carbonyl (C=O) groups is 2. The van der Waals surface area contributed by atoms with Gasteiger partial charge in [-0.15, -0.1) is 5.10 Å². The predicted octanol–water partition coefficient (Wildman–Crippen LogP) is 2.69. The van der Waals surface area contributed by atoms with Crippen LogP contribution in [0, 0.1) is 13.8 Å². The van der Waals surface area contributed by atoms with Crippen molar-refractivity contribution in [2.24, 2.45) is 0 Å². The van der Waals surface area contributed by atoms with Crippen molar-refractivity contribution < 1.29 is 9.59 Å². The summed E-state index contributed by atoms with van der Waals surface area (Å²) in [7, 11) is 0. The molecular formula is C25H30N10O2. The number of aromatic nitrogens is 7. The zero-order chi connectivity index (χ0) is 26.1. The monoisotopic (exact) mass is 502 g/mol. The Balaban J connectivity index is 1.31. The van der Waals surface area contributed by atoms with Gasteiger partial charge in [-0.25, -0.2) is 4.52 Å². The van der Waals surface area contributed by atoms with E-state index in [1.165, 1.54) is 0 Å². The second kappa shape index (κ2) is 10.1. The summed E-state index contributed by atoms with van der Waals surface area (Å²) in [5, 5.41) is 22.9. The largest absolute Gasteiger partial charge is 0.324 e. The molecule has 37 heavy (non-hydrogen) atoms. The first-order chi connectivity index (χ1) is 17.8. The van der Waals surface area contributed by atoms with E-state index in [1.54, 1.807) is 40.8 Å².